The lowest BCUT2D eigenvalue weighted by molar-refractivity contribution is -0.870. The van der Waals surface area contributed by atoms with Crippen LogP contribution >= 0.6 is 7.82 Å². The molecule has 0 fully saturated rings. The van der Waals surface area contributed by atoms with Crippen molar-refractivity contribution < 1.29 is 42.1 Å². The van der Waals surface area contributed by atoms with Crippen LogP contribution in [0.4, 0.5) is 0 Å². The normalized spacial score (nSPS) is 13.5. The number of phosphoric acid groups is 1. The van der Waals surface area contributed by atoms with E-state index in [4.69, 9.17) is 18.5 Å². The lowest BCUT2D eigenvalue weighted by Gasteiger charge is -2.24. The first kappa shape index (κ1) is 83.5. The monoisotopic (exact) mass is 1230 g/mol. The summed E-state index contributed by atoms with van der Waals surface area (Å²) in [6.07, 6.45) is 90.3. The molecular weight excluding hydrogens is 1090 g/mol. The number of hydrogen-bond acceptors (Lipinski definition) is 7. The molecule has 0 amide bonds. The second kappa shape index (κ2) is 66.9. The van der Waals surface area contributed by atoms with Crippen LogP contribution in [0.25, 0.3) is 0 Å². The molecule has 0 aliphatic rings. The molecule has 0 bridgehead atoms. The van der Waals surface area contributed by atoms with E-state index in [9.17, 15) is 19.0 Å². The first-order chi connectivity index (χ1) is 42.0. The molecule has 10 heteroatoms. The maximum atomic E-state index is 12.9. The van der Waals surface area contributed by atoms with Crippen molar-refractivity contribution in [1.29, 1.82) is 0 Å². The van der Waals surface area contributed by atoms with Gasteiger partial charge in [0.2, 0.25) is 0 Å². The van der Waals surface area contributed by atoms with Gasteiger partial charge >= 0.3 is 19.8 Å². The van der Waals surface area contributed by atoms with Crippen molar-refractivity contribution in [2.45, 2.75) is 354 Å². The first-order valence-corrected chi connectivity index (χ1v) is 38.2. The van der Waals surface area contributed by atoms with Gasteiger partial charge < -0.3 is 18.9 Å². The van der Waals surface area contributed by atoms with Gasteiger partial charge in [-0.2, -0.15) is 0 Å². The molecule has 9 nitrogen and oxygen atoms in total. The Hall–Kier alpha value is -2.55. The number of quaternary nitrogens is 1. The molecule has 2 atom stereocenters. The van der Waals surface area contributed by atoms with E-state index >= 15 is 0 Å². The Morgan fingerprint density at radius 2 is 0.663 bits per heavy atom. The summed E-state index contributed by atoms with van der Waals surface area (Å²) >= 11 is 0. The van der Waals surface area contributed by atoms with Crippen LogP contribution < -0.4 is 0 Å². The van der Waals surface area contributed by atoms with Crippen molar-refractivity contribution >= 4 is 19.8 Å². The zero-order valence-corrected chi connectivity index (χ0v) is 58.2. The molecule has 0 aromatic rings. The van der Waals surface area contributed by atoms with Crippen LogP contribution in [-0.4, -0.2) is 74.9 Å². The summed E-state index contributed by atoms with van der Waals surface area (Å²) in [7, 11) is 1.49. The highest BCUT2D eigenvalue weighted by Crippen LogP contribution is 2.43. The summed E-state index contributed by atoms with van der Waals surface area (Å²) in [6, 6.07) is 0. The average Bonchev–Trinajstić information content (AvgIpc) is 3.70. The Labute approximate surface area is 533 Å². The Morgan fingerprint density at radius 1 is 0.372 bits per heavy atom. The number of carbonyl (C=O) groups is 2. The number of unbranched alkanes of at least 4 members (excludes halogenated alkanes) is 42. The number of phosphoric ester groups is 1. The second-order valence-electron chi connectivity index (χ2n) is 25.9. The van der Waals surface area contributed by atoms with E-state index in [-0.39, 0.29) is 32.0 Å². The van der Waals surface area contributed by atoms with Crippen LogP contribution in [0, 0.1) is 0 Å². The predicted octanol–water partition coefficient (Wildman–Crippen LogP) is 23.9. The Bertz CT molecular complexity index is 1680. The smallest absolute Gasteiger partial charge is 0.462 e. The molecule has 0 aromatic heterocycles. The molecule has 2 unspecified atom stereocenters. The molecule has 0 saturated carbocycles. The fourth-order valence-corrected chi connectivity index (χ4v) is 11.4. The summed E-state index contributed by atoms with van der Waals surface area (Å²) in [4.78, 5) is 35.9. The molecule has 0 heterocycles. The van der Waals surface area contributed by atoms with Gasteiger partial charge in [0.1, 0.15) is 19.8 Å². The van der Waals surface area contributed by atoms with Gasteiger partial charge in [0, 0.05) is 12.8 Å². The van der Waals surface area contributed by atoms with Crippen molar-refractivity contribution in [2.24, 2.45) is 0 Å². The molecule has 502 valence electrons. The standard InChI is InChI=1S/C76H140NO8P/c1-6-8-10-12-14-16-18-20-22-24-26-28-29-30-31-32-33-34-35-36-37-38-39-40-41-42-43-44-45-46-47-49-51-53-55-57-59-61-63-65-67-69-76(79)85-74(73-84-86(80,81)83-71-70-77(3,4)5)72-82-75(78)68-66-64-62-60-58-56-54-52-50-48-27-25-23-21-19-17-15-13-11-9-7-2/h8,10,14,16,19-22,25-28,74H,6-7,9,11-13,15,17-18,23-24,29-73H2,1-5H3/p+1/b10-8-,16-14-,21-19-,22-20-,27-25-,28-26-. The number of carbonyl (C=O) groups excluding carboxylic acids is 2. The van der Waals surface area contributed by atoms with Gasteiger partial charge in [0.15, 0.2) is 6.10 Å². The minimum atomic E-state index is -4.39. The molecule has 0 aromatic carbocycles. The van der Waals surface area contributed by atoms with E-state index in [2.05, 4.69) is 86.8 Å². The summed E-state index contributed by atoms with van der Waals surface area (Å²) in [6.45, 7) is 4.35. The minimum absolute atomic E-state index is 0.0318. The van der Waals surface area contributed by atoms with E-state index in [0.29, 0.717) is 17.4 Å². The molecular formula is C76H141NO8P+. The molecule has 1 N–H and O–H groups in total. The number of nitrogens with zero attached hydrogens (tertiary/aromatic N) is 1. The summed E-state index contributed by atoms with van der Waals surface area (Å²) in [5.74, 6) is -0.786. The highest BCUT2D eigenvalue weighted by molar-refractivity contribution is 7.47. The molecule has 0 radical (unpaired) electrons. The van der Waals surface area contributed by atoms with Crippen molar-refractivity contribution in [3.05, 3.63) is 72.9 Å². The highest BCUT2D eigenvalue weighted by atomic mass is 31.2. The number of likely N-dealkylation sites (N-methyl/N-ethyl adjacent to an activating group) is 1. The molecule has 0 spiro atoms. The van der Waals surface area contributed by atoms with E-state index in [1.54, 1.807) is 0 Å². The number of rotatable bonds is 68. The topological polar surface area (TPSA) is 108 Å². The molecule has 0 aliphatic heterocycles. The van der Waals surface area contributed by atoms with Crippen LogP contribution in [0.1, 0.15) is 348 Å². The van der Waals surface area contributed by atoms with E-state index in [1.165, 1.54) is 250 Å². The van der Waals surface area contributed by atoms with Gasteiger partial charge in [-0.15, -0.1) is 0 Å². The average molecular weight is 1230 g/mol. The lowest BCUT2D eigenvalue weighted by Crippen LogP contribution is -2.37. The Kier molecular flexibility index (Phi) is 64.9. The maximum Gasteiger partial charge on any atom is 0.472 e. The Balaban J connectivity index is 3.90. The number of ether oxygens (including phenoxy) is 2. The molecule has 0 saturated heterocycles. The Morgan fingerprint density at radius 3 is 0.988 bits per heavy atom. The van der Waals surface area contributed by atoms with Gasteiger partial charge in [-0.1, -0.05) is 324 Å². The van der Waals surface area contributed by atoms with Gasteiger partial charge in [0.05, 0.1) is 27.7 Å². The lowest BCUT2D eigenvalue weighted by atomic mass is 10.0. The largest absolute Gasteiger partial charge is 0.472 e. The van der Waals surface area contributed by atoms with E-state index in [1.807, 2.05) is 21.1 Å². The quantitative estimate of drug-likeness (QED) is 0.0211. The zero-order valence-electron chi connectivity index (χ0n) is 57.3. The fourth-order valence-electron chi connectivity index (χ4n) is 10.6. The summed E-state index contributed by atoms with van der Waals surface area (Å²) < 4.78 is 34.7. The van der Waals surface area contributed by atoms with Crippen molar-refractivity contribution in [3.63, 3.8) is 0 Å². The van der Waals surface area contributed by atoms with Crippen molar-refractivity contribution in [3.8, 4) is 0 Å². The minimum Gasteiger partial charge on any atom is -0.462 e. The first-order valence-electron chi connectivity index (χ1n) is 36.7. The van der Waals surface area contributed by atoms with Gasteiger partial charge in [-0.05, 0) is 83.5 Å². The van der Waals surface area contributed by atoms with Crippen LogP contribution in [-0.2, 0) is 32.7 Å². The van der Waals surface area contributed by atoms with Crippen molar-refractivity contribution in [2.75, 3.05) is 47.5 Å². The fraction of sp³-hybridized carbons (Fsp3) is 0.816. The van der Waals surface area contributed by atoms with Gasteiger partial charge in [-0.25, -0.2) is 4.57 Å². The van der Waals surface area contributed by atoms with Gasteiger partial charge in [-0.3, -0.25) is 18.6 Å². The number of hydrogen-bond donors (Lipinski definition) is 1. The third-order valence-corrected chi connectivity index (χ3v) is 17.2. The van der Waals surface area contributed by atoms with Crippen molar-refractivity contribution in [1.82, 2.24) is 0 Å². The summed E-state index contributed by atoms with van der Waals surface area (Å²) in [5, 5.41) is 0. The molecule has 0 aliphatic carbocycles. The SMILES string of the molecule is CC/C=C\C/C=C\C/C=C\C/C=C\CCCCCCCCCCCCCCCCCCCCCCCCCCCCCCC(=O)OC(COC(=O)CCCCCCCCCCC/C=C\C/C=C\CCCCCCC)COP(=O)(O)OCC[N+](C)(C)C. The number of esters is 2. The summed E-state index contributed by atoms with van der Waals surface area (Å²) in [5.41, 5.74) is 0. The predicted molar refractivity (Wildman–Crippen MR) is 372 cm³/mol. The number of allylic oxidation sites excluding steroid dienone is 12. The van der Waals surface area contributed by atoms with E-state index in [0.717, 1.165) is 64.2 Å². The second-order valence-corrected chi connectivity index (χ2v) is 27.4. The van der Waals surface area contributed by atoms with Crippen LogP contribution in [0.3, 0.4) is 0 Å². The third-order valence-electron chi connectivity index (χ3n) is 16.2. The van der Waals surface area contributed by atoms with Crippen LogP contribution in [0.5, 0.6) is 0 Å². The highest BCUT2D eigenvalue weighted by Gasteiger charge is 2.27. The van der Waals surface area contributed by atoms with Crippen LogP contribution in [0.15, 0.2) is 72.9 Å². The van der Waals surface area contributed by atoms with E-state index < -0.39 is 26.5 Å². The van der Waals surface area contributed by atoms with Gasteiger partial charge in [0.25, 0.3) is 0 Å². The molecule has 86 heavy (non-hydrogen) atoms. The maximum absolute atomic E-state index is 12.9. The zero-order chi connectivity index (χ0) is 62.6. The van der Waals surface area contributed by atoms with Crippen LogP contribution in [0.2, 0.25) is 0 Å². The molecule has 0 rings (SSSR count). The third kappa shape index (κ3) is 70.5.